The number of allylic oxidation sites excluding steroid dienone is 2. The molecule has 4 aliphatic rings. The van der Waals surface area contributed by atoms with Crippen LogP contribution in [0.25, 0.3) is 0 Å². The first-order valence-electron chi connectivity index (χ1n) is 12.1. The summed E-state index contributed by atoms with van der Waals surface area (Å²) in [4.78, 5) is 15.0. The minimum atomic E-state index is -0.937. The highest BCUT2D eigenvalue weighted by Crippen LogP contribution is 2.70. The number of aliphatic hydroxyl groups is 2. The lowest BCUT2D eigenvalue weighted by atomic mass is 9.86. The molecule has 4 aliphatic carbocycles. The van der Waals surface area contributed by atoms with Crippen LogP contribution in [0.4, 0.5) is 0 Å². The molecular weight excluding hydrogens is 378 g/mol. The molecule has 0 heterocycles. The van der Waals surface area contributed by atoms with Gasteiger partial charge in [0.1, 0.15) is 0 Å². The lowest BCUT2D eigenvalue weighted by Crippen LogP contribution is -2.50. The number of unbranched alkanes of at least 4 members (excludes halogenated alkanes) is 1. The van der Waals surface area contributed by atoms with E-state index in [1.807, 2.05) is 7.05 Å². The van der Waals surface area contributed by atoms with Gasteiger partial charge in [0, 0.05) is 31.2 Å². The number of aliphatic hydroxyl groups excluding tert-OH is 2. The van der Waals surface area contributed by atoms with Crippen LogP contribution in [0, 0.1) is 29.1 Å². The van der Waals surface area contributed by atoms with Crippen LogP contribution < -0.4 is 11.1 Å². The van der Waals surface area contributed by atoms with Crippen molar-refractivity contribution in [2.75, 3.05) is 26.7 Å². The predicted octanol–water partition coefficient (Wildman–Crippen LogP) is 2.01. The van der Waals surface area contributed by atoms with Crippen molar-refractivity contribution in [1.82, 2.24) is 10.2 Å². The highest BCUT2D eigenvalue weighted by Gasteiger charge is 2.80. The van der Waals surface area contributed by atoms with E-state index in [1.165, 1.54) is 17.7 Å². The van der Waals surface area contributed by atoms with E-state index < -0.39 is 11.6 Å². The normalized spacial score (nSPS) is 38.0. The summed E-state index contributed by atoms with van der Waals surface area (Å²) in [6.45, 7) is 6.62. The van der Waals surface area contributed by atoms with Crippen molar-refractivity contribution < 1.29 is 15.0 Å². The van der Waals surface area contributed by atoms with Crippen molar-refractivity contribution in [1.29, 1.82) is 0 Å². The van der Waals surface area contributed by atoms with Gasteiger partial charge in [-0.25, -0.2) is 0 Å². The molecule has 5 N–H and O–H groups in total. The Hall–Kier alpha value is -1.11. The van der Waals surface area contributed by atoms with Gasteiger partial charge in [0.25, 0.3) is 0 Å². The van der Waals surface area contributed by atoms with Gasteiger partial charge in [-0.05, 0) is 81.7 Å². The zero-order valence-corrected chi connectivity index (χ0v) is 19.0. The van der Waals surface area contributed by atoms with E-state index in [2.05, 4.69) is 24.1 Å². The zero-order chi connectivity index (χ0) is 21.7. The van der Waals surface area contributed by atoms with Gasteiger partial charge in [0.2, 0.25) is 5.91 Å². The van der Waals surface area contributed by atoms with Crippen LogP contribution in [0.5, 0.6) is 0 Å². The maximum absolute atomic E-state index is 12.9. The van der Waals surface area contributed by atoms with E-state index in [1.54, 1.807) is 0 Å². The van der Waals surface area contributed by atoms with E-state index in [0.29, 0.717) is 17.8 Å². The SMILES string of the molecule is CC1C(C)C1C(=C1CCC1)N(C)[C@]1(C(N)=O)[C@H](O)[C@H]1C1(CCNCCCCO)CC1. The van der Waals surface area contributed by atoms with Gasteiger partial charge in [-0.1, -0.05) is 19.4 Å². The monoisotopic (exact) mass is 419 g/mol. The predicted molar refractivity (Wildman–Crippen MR) is 117 cm³/mol. The number of likely N-dealkylation sites (N-methyl/N-ethyl adjacent to an activating group) is 1. The minimum absolute atomic E-state index is 0.0306. The fraction of sp³-hybridized carbons (Fsp3) is 0.875. The second kappa shape index (κ2) is 8.10. The number of primary amides is 1. The molecule has 0 aliphatic heterocycles. The smallest absolute Gasteiger partial charge is 0.246 e. The Bertz CT molecular complexity index is 690. The van der Waals surface area contributed by atoms with Crippen LogP contribution in [-0.4, -0.2) is 59.4 Å². The third-order valence-electron chi connectivity index (χ3n) is 9.01. The average Bonchev–Trinajstić information content (AvgIpc) is 3.60. The first-order chi connectivity index (χ1) is 14.3. The lowest BCUT2D eigenvalue weighted by molar-refractivity contribution is -0.125. The second-order valence-corrected chi connectivity index (χ2v) is 10.6. The first kappa shape index (κ1) is 22.1. The van der Waals surface area contributed by atoms with Crippen LogP contribution in [0.2, 0.25) is 0 Å². The fourth-order valence-corrected chi connectivity index (χ4v) is 6.40. The van der Waals surface area contributed by atoms with Crippen molar-refractivity contribution in [3.8, 4) is 0 Å². The molecule has 0 aromatic rings. The molecule has 0 aromatic carbocycles. The Morgan fingerprint density at radius 2 is 1.87 bits per heavy atom. The summed E-state index contributed by atoms with van der Waals surface area (Å²) in [6, 6.07) is 0. The van der Waals surface area contributed by atoms with Gasteiger partial charge in [0.05, 0.1) is 6.10 Å². The first-order valence-corrected chi connectivity index (χ1v) is 12.1. The Kier molecular flexibility index (Phi) is 5.97. The molecule has 6 nitrogen and oxygen atoms in total. The molecule has 4 fully saturated rings. The number of nitrogens with one attached hydrogen (secondary N) is 1. The molecule has 4 saturated carbocycles. The van der Waals surface area contributed by atoms with Crippen molar-refractivity contribution >= 4 is 5.91 Å². The maximum Gasteiger partial charge on any atom is 0.246 e. The number of carbonyl (C=O) groups is 1. The fourth-order valence-electron chi connectivity index (χ4n) is 6.40. The molecule has 30 heavy (non-hydrogen) atoms. The van der Waals surface area contributed by atoms with Crippen LogP contribution in [0.15, 0.2) is 11.3 Å². The Labute approximate surface area is 181 Å². The molecule has 0 spiro atoms. The molecular formula is C24H41N3O3. The Balaban J connectivity index is 1.49. The van der Waals surface area contributed by atoms with Crippen molar-refractivity contribution in [2.45, 2.75) is 76.9 Å². The average molecular weight is 420 g/mol. The van der Waals surface area contributed by atoms with Crippen molar-refractivity contribution in [2.24, 2.45) is 34.8 Å². The number of hydrogen-bond donors (Lipinski definition) is 4. The Morgan fingerprint density at radius 3 is 2.33 bits per heavy atom. The summed E-state index contributed by atoms with van der Waals surface area (Å²) in [6.07, 6.45) is 7.70. The summed E-state index contributed by atoms with van der Waals surface area (Å²) >= 11 is 0. The minimum Gasteiger partial charge on any atom is -0.396 e. The standard InChI is InChI=1S/C24H41N3O3/c1-15-16(2)18(15)19(17-7-6-8-17)27(3)24(22(25)30)20(21(24)29)23(9-10-23)11-13-26-12-4-5-14-28/h15-16,18,20-21,26,28-29H,4-14H2,1-3H3,(H2,25,30)/t15?,16?,18?,20-,21+,24-/m0/s1. The van der Waals surface area contributed by atoms with Crippen LogP contribution in [0.1, 0.15) is 65.2 Å². The number of carbonyl (C=O) groups excluding carboxylic acids is 1. The highest BCUT2D eigenvalue weighted by molar-refractivity contribution is 5.91. The van der Waals surface area contributed by atoms with Crippen molar-refractivity contribution in [3.05, 3.63) is 11.3 Å². The molecule has 6 heteroatoms. The molecule has 0 radical (unpaired) electrons. The van der Waals surface area contributed by atoms with Crippen LogP contribution >= 0.6 is 0 Å². The van der Waals surface area contributed by atoms with E-state index in [9.17, 15) is 9.90 Å². The van der Waals surface area contributed by atoms with Crippen molar-refractivity contribution in [3.63, 3.8) is 0 Å². The summed E-state index contributed by atoms with van der Waals surface area (Å²) in [7, 11) is 2.02. The number of nitrogens with two attached hydrogens (primary N) is 1. The van der Waals surface area contributed by atoms with Crippen LogP contribution in [0.3, 0.4) is 0 Å². The number of rotatable bonds is 12. The lowest BCUT2D eigenvalue weighted by Gasteiger charge is -2.37. The number of nitrogens with zero attached hydrogens (tertiary/aromatic N) is 1. The number of hydrogen-bond acceptors (Lipinski definition) is 5. The van der Waals surface area contributed by atoms with Gasteiger partial charge in [0.15, 0.2) is 5.54 Å². The largest absolute Gasteiger partial charge is 0.396 e. The Morgan fingerprint density at radius 1 is 1.20 bits per heavy atom. The summed E-state index contributed by atoms with van der Waals surface area (Å²) in [5.74, 6) is 1.34. The van der Waals surface area contributed by atoms with Gasteiger partial charge in [-0.15, -0.1) is 0 Å². The number of amides is 1. The van der Waals surface area contributed by atoms with E-state index in [4.69, 9.17) is 10.8 Å². The zero-order valence-electron chi connectivity index (χ0n) is 19.0. The van der Waals surface area contributed by atoms with E-state index >= 15 is 0 Å². The van der Waals surface area contributed by atoms with E-state index in [0.717, 1.165) is 58.0 Å². The quantitative estimate of drug-likeness (QED) is 0.363. The van der Waals surface area contributed by atoms with Gasteiger partial charge in [-0.3, -0.25) is 4.79 Å². The summed E-state index contributed by atoms with van der Waals surface area (Å²) in [5, 5.41) is 23.5. The van der Waals surface area contributed by atoms with Gasteiger partial charge >= 0.3 is 0 Å². The molecule has 170 valence electrons. The molecule has 0 saturated heterocycles. The molecule has 4 rings (SSSR count). The van der Waals surface area contributed by atoms with Gasteiger partial charge < -0.3 is 26.2 Å². The molecule has 0 bridgehead atoms. The summed E-state index contributed by atoms with van der Waals surface area (Å²) in [5.41, 5.74) is 7.93. The molecule has 5 atom stereocenters. The van der Waals surface area contributed by atoms with E-state index in [-0.39, 0.29) is 23.8 Å². The second-order valence-electron chi connectivity index (χ2n) is 10.6. The van der Waals surface area contributed by atoms with Gasteiger partial charge in [-0.2, -0.15) is 0 Å². The summed E-state index contributed by atoms with van der Waals surface area (Å²) < 4.78 is 0. The molecule has 1 amide bonds. The third kappa shape index (κ3) is 3.39. The molecule has 0 aromatic heterocycles. The topological polar surface area (TPSA) is 98.8 Å². The van der Waals surface area contributed by atoms with Crippen LogP contribution in [-0.2, 0) is 4.79 Å². The highest BCUT2D eigenvalue weighted by atomic mass is 16.3. The maximum atomic E-state index is 12.9. The third-order valence-corrected chi connectivity index (χ3v) is 9.01. The molecule has 2 unspecified atom stereocenters.